The van der Waals surface area contributed by atoms with Gasteiger partial charge in [0.05, 0.1) is 15.5 Å². The summed E-state index contributed by atoms with van der Waals surface area (Å²) < 4.78 is 11.8. The maximum atomic E-state index is 5.78. The maximum absolute atomic E-state index is 5.78. The molecule has 0 atom stereocenters. The molecule has 0 N–H and O–H groups in total. The van der Waals surface area contributed by atoms with Crippen LogP contribution in [0, 0.1) is 0 Å². The molecule has 0 spiro atoms. The van der Waals surface area contributed by atoms with Gasteiger partial charge in [-0.1, -0.05) is 39.3 Å². The Hall–Kier alpha value is -2.33. The lowest BCUT2D eigenvalue weighted by Crippen LogP contribution is -1.83. The minimum absolute atomic E-state index is 0.234. The third-order valence-electron chi connectivity index (χ3n) is 3.70. The molecule has 0 amide bonds. The maximum Gasteiger partial charge on any atom is 0.241 e. The third-order valence-corrected chi connectivity index (χ3v) is 6.64. The zero-order valence-corrected chi connectivity index (χ0v) is 19.3. The van der Waals surface area contributed by atoms with Crippen LogP contribution in [0.25, 0.3) is 21.0 Å². The van der Waals surface area contributed by atoms with Gasteiger partial charge in [-0.05, 0) is 24.3 Å². The summed E-state index contributed by atoms with van der Waals surface area (Å²) in [7, 11) is 0. The van der Waals surface area contributed by atoms with Crippen LogP contribution < -0.4 is 4.74 Å². The molecule has 0 aliphatic rings. The molecule has 5 rings (SSSR count). The Morgan fingerprint density at radius 1 is 1.07 bits per heavy atom. The van der Waals surface area contributed by atoms with Gasteiger partial charge in [-0.15, -0.1) is 34.3 Å². The zero-order chi connectivity index (χ0) is 20.8. The second kappa shape index (κ2) is 10.1. The molecule has 0 aliphatic carbocycles. The molecular formula is C20H14BrClN4O2S2. The fourth-order valence-corrected chi connectivity index (χ4v) is 4.37. The van der Waals surface area contributed by atoms with Crippen molar-refractivity contribution in [2.75, 3.05) is 0 Å². The lowest BCUT2D eigenvalue weighted by molar-refractivity contribution is 0.391. The standard InChI is InChI=1S/C14H10BrNOS.C6H4ClN3OS/c15-9-14-16-12-8-11(6-7-13(12)18-14)17-10-4-2-1-3-5-10;7-3-4-9-5(10-11-4)6-8-1-2-12-6/h1-8H,9H2;1-2H,3H2. The van der Waals surface area contributed by atoms with Gasteiger partial charge in [0.15, 0.2) is 5.01 Å². The number of alkyl halides is 2. The van der Waals surface area contributed by atoms with Crippen molar-refractivity contribution >= 4 is 60.4 Å². The zero-order valence-electron chi connectivity index (χ0n) is 15.4. The third kappa shape index (κ3) is 5.23. The highest BCUT2D eigenvalue weighted by molar-refractivity contribution is 9.08. The van der Waals surface area contributed by atoms with E-state index in [0.717, 1.165) is 32.4 Å². The Morgan fingerprint density at radius 2 is 1.93 bits per heavy atom. The summed E-state index contributed by atoms with van der Waals surface area (Å²) in [6, 6.07) is 15.8. The summed E-state index contributed by atoms with van der Waals surface area (Å²) in [5, 5.41) is 8.18. The SMILES string of the molecule is BrCc1nc2cc(Oc3ccccc3)ccc2s1.ClCc1nc(-c2nccs2)no1. The molecule has 0 fully saturated rings. The van der Waals surface area contributed by atoms with Gasteiger partial charge in [-0.25, -0.2) is 9.97 Å². The second-order valence-corrected chi connectivity index (χ2v) is 8.61. The molecule has 0 radical (unpaired) electrons. The van der Waals surface area contributed by atoms with Crippen LogP contribution in [0.15, 0.2) is 64.6 Å². The van der Waals surface area contributed by atoms with Crippen LogP contribution >= 0.6 is 50.2 Å². The van der Waals surface area contributed by atoms with Gasteiger partial charge in [0, 0.05) is 17.6 Å². The highest BCUT2D eigenvalue weighted by atomic mass is 79.9. The first-order valence-electron chi connectivity index (χ1n) is 8.72. The van der Waals surface area contributed by atoms with Gasteiger partial charge in [0.25, 0.3) is 0 Å². The molecule has 0 saturated heterocycles. The largest absolute Gasteiger partial charge is 0.457 e. The van der Waals surface area contributed by atoms with Crippen molar-refractivity contribution < 1.29 is 9.26 Å². The summed E-state index contributed by atoms with van der Waals surface area (Å²) in [6.07, 6.45) is 1.69. The van der Waals surface area contributed by atoms with E-state index in [0.29, 0.717) is 11.7 Å². The predicted octanol–water partition coefficient (Wildman–Crippen LogP) is 6.92. The lowest BCUT2D eigenvalue weighted by atomic mass is 10.3. The molecule has 0 saturated carbocycles. The van der Waals surface area contributed by atoms with Crippen LogP contribution in [-0.4, -0.2) is 20.1 Å². The number of fused-ring (bicyclic) bond motifs is 1. The molecule has 3 heterocycles. The Morgan fingerprint density at radius 3 is 2.63 bits per heavy atom. The van der Waals surface area contributed by atoms with Crippen LogP contribution in [0.2, 0.25) is 0 Å². The van der Waals surface area contributed by atoms with Crippen LogP contribution in [0.5, 0.6) is 11.5 Å². The highest BCUT2D eigenvalue weighted by Crippen LogP contribution is 2.29. The Labute approximate surface area is 193 Å². The molecular weight excluding hydrogens is 508 g/mol. The molecule has 152 valence electrons. The van der Waals surface area contributed by atoms with Crippen molar-refractivity contribution in [1.29, 1.82) is 0 Å². The molecule has 2 aromatic carbocycles. The van der Waals surface area contributed by atoms with Crippen molar-refractivity contribution in [3.63, 3.8) is 0 Å². The van der Waals surface area contributed by atoms with Gasteiger partial charge in [-0.2, -0.15) is 4.98 Å². The molecule has 30 heavy (non-hydrogen) atoms. The van der Waals surface area contributed by atoms with E-state index in [-0.39, 0.29) is 5.88 Å². The van der Waals surface area contributed by atoms with Gasteiger partial charge in [0.2, 0.25) is 11.7 Å². The molecule has 0 bridgehead atoms. The number of nitrogens with zero attached hydrogens (tertiary/aromatic N) is 4. The molecule has 3 aromatic heterocycles. The number of rotatable bonds is 5. The number of halogens is 2. The molecule has 0 unspecified atom stereocenters. The first-order valence-corrected chi connectivity index (χ1v) is 12.1. The van der Waals surface area contributed by atoms with E-state index in [1.807, 2.05) is 47.8 Å². The quantitative estimate of drug-likeness (QED) is 0.234. The van der Waals surface area contributed by atoms with Crippen molar-refractivity contribution in [2.45, 2.75) is 11.2 Å². The molecule has 0 aliphatic heterocycles. The summed E-state index contributed by atoms with van der Waals surface area (Å²) in [6.45, 7) is 0. The van der Waals surface area contributed by atoms with E-state index in [2.05, 4.69) is 42.1 Å². The average Bonchev–Trinajstić information content (AvgIpc) is 3.54. The van der Waals surface area contributed by atoms with E-state index in [9.17, 15) is 0 Å². The number of aromatic nitrogens is 4. The van der Waals surface area contributed by atoms with Crippen molar-refractivity contribution in [1.82, 2.24) is 20.1 Å². The molecule has 10 heteroatoms. The number of hydrogen-bond donors (Lipinski definition) is 0. The van der Waals surface area contributed by atoms with E-state index in [1.165, 1.54) is 16.0 Å². The summed E-state index contributed by atoms with van der Waals surface area (Å²) >= 11 is 12.1. The summed E-state index contributed by atoms with van der Waals surface area (Å²) in [4.78, 5) is 12.6. The van der Waals surface area contributed by atoms with Crippen molar-refractivity contribution in [3.05, 3.63) is 71.0 Å². The van der Waals surface area contributed by atoms with Gasteiger partial charge in [0.1, 0.15) is 22.4 Å². The topological polar surface area (TPSA) is 73.9 Å². The van der Waals surface area contributed by atoms with Gasteiger partial charge >= 0.3 is 0 Å². The number of ether oxygens (including phenoxy) is 1. The van der Waals surface area contributed by atoms with Gasteiger partial charge < -0.3 is 9.26 Å². The normalized spacial score (nSPS) is 10.6. The fraction of sp³-hybridized carbons (Fsp3) is 0.100. The first-order chi connectivity index (χ1) is 14.7. The lowest BCUT2D eigenvalue weighted by Gasteiger charge is -2.04. The van der Waals surface area contributed by atoms with Crippen LogP contribution in [0.4, 0.5) is 0 Å². The minimum atomic E-state index is 0.234. The monoisotopic (exact) mass is 520 g/mol. The molecule has 6 nitrogen and oxygen atoms in total. The Balaban J connectivity index is 0.000000158. The summed E-state index contributed by atoms with van der Waals surface area (Å²) in [5.41, 5.74) is 0.989. The van der Waals surface area contributed by atoms with Crippen LogP contribution in [-0.2, 0) is 11.2 Å². The van der Waals surface area contributed by atoms with Crippen molar-refractivity contribution in [3.8, 4) is 22.3 Å². The minimum Gasteiger partial charge on any atom is -0.457 e. The Kier molecular flexibility index (Phi) is 7.06. The Bertz CT molecular complexity index is 1210. The number of hydrogen-bond acceptors (Lipinski definition) is 8. The number of para-hydroxylation sites is 1. The summed E-state index contributed by atoms with van der Waals surface area (Å²) in [5.74, 6) is 2.81. The number of thiazole rings is 2. The van der Waals surface area contributed by atoms with E-state index in [4.69, 9.17) is 20.9 Å². The van der Waals surface area contributed by atoms with E-state index >= 15 is 0 Å². The number of benzene rings is 2. The average molecular weight is 522 g/mol. The van der Waals surface area contributed by atoms with Gasteiger partial charge in [-0.3, -0.25) is 0 Å². The predicted molar refractivity (Wildman–Crippen MR) is 124 cm³/mol. The van der Waals surface area contributed by atoms with Crippen molar-refractivity contribution in [2.24, 2.45) is 0 Å². The molecule has 5 aromatic rings. The fourth-order valence-electron chi connectivity index (χ4n) is 2.43. The smallest absolute Gasteiger partial charge is 0.241 e. The van der Waals surface area contributed by atoms with E-state index in [1.54, 1.807) is 17.5 Å². The van der Waals surface area contributed by atoms with Crippen LogP contribution in [0.3, 0.4) is 0 Å². The van der Waals surface area contributed by atoms with E-state index < -0.39 is 0 Å². The first kappa shape index (κ1) is 20.9. The second-order valence-electron chi connectivity index (χ2n) is 5.77. The highest BCUT2D eigenvalue weighted by Gasteiger charge is 2.09. The van der Waals surface area contributed by atoms with Crippen LogP contribution in [0.1, 0.15) is 10.9 Å².